The zero-order valence-electron chi connectivity index (χ0n) is 10.6. The number of benzene rings is 1. The average molecular weight is 297 g/mol. The van der Waals surface area contributed by atoms with Crippen LogP contribution in [0.2, 0.25) is 0 Å². The van der Waals surface area contributed by atoms with E-state index in [1.807, 2.05) is 0 Å². The van der Waals surface area contributed by atoms with Gasteiger partial charge in [-0.15, -0.1) is 0 Å². The van der Waals surface area contributed by atoms with Gasteiger partial charge in [0.25, 0.3) is 5.56 Å². The maximum atomic E-state index is 12.9. The Kier molecular flexibility index (Phi) is 3.84. The van der Waals surface area contributed by atoms with Crippen molar-refractivity contribution >= 4 is 5.97 Å². The molecule has 1 aromatic carbocycles. The van der Waals surface area contributed by atoms with Gasteiger partial charge in [0.15, 0.2) is 0 Å². The number of rotatable bonds is 3. The van der Waals surface area contributed by atoms with Gasteiger partial charge < -0.3 is 10.1 Å². The van der Waals surface area contributed by atoms with Gasteiger partial charge >= 0.3 is 12.1 Å². The lowest BCUT2D eigenvalue weighted by Crippen LogP contribution is -2.16. The molecule has 2 aromatic rings. The molecule has 0 aliphatic heterocycles. The second kappa shape index (κ2) is 5.43. The Morgan fingerprint density at radius 2 is 1.76 bits per heavy atom. The normalized spacial score (nSPS) is 11.4. The highest BCUT2D eigenvalue weighted by Crippen LogP contribution is 2.35. The maximum absolute atomic E-state index is 12.9. The van der Waals surface area contributed by atoms with Crippen molar-refractivity contribution in [1.29, 1.82) is 0 Å². The van der Waals surface area contributed by atoms with Crippen LogP contribution in [0.1, 0.15) is 11.3 Å². The molecule has 7 heteroatoms. The second-order valence-electron chi connectivity index (χ2n) is 4.34. The standard InChI is InChI=1S/C14H10F3NO3/c15-14(16,17)11-4-2-1-3-9(11)10-6-5-8(7-12(19)20)18-13(10)21/h1-6H,7H2,(H,18,21)(H,19,20). The molecule has 1 heterocycles. The van der Waals surface area contributed by atoms with E-state index >= 15 is 0 Å². The lowest BCUT2D eigenvalue weighted by Gasteiger charge is -2.12. The molecule has 1 aromatic heterocycles. The van der Waals surface area contributed by atoms with E-state index in [1.54, 1.807) is 0 Å². The fourth-order valence-electron chi connectivity index (χ4n) is 1.96. The van der Waals surface area contributed by atoms with Crippen LogP contribution in [0, 0.1) is 0 Å². The molecule has 110 valence electrons. The molecule has 0 aliphatic rings. The van der Waals surface area contributed by atoms with E-state index in [-0.39, 0.29) is 16.8 Å². The Balaban J connectivity index is 2.54. The van der Waals surface area contributed by atoms with Crippen molar-refractivity contribution < 1.29 is 23.1 Å². The molecule has 4 nitrogen and oxygen atoms in total. The van der Waals surface area contributed by atoms with Crippen LogP contribution in [0.25, 0.3) is 11.1 Å². The zero-order valence-corrected chi connectivity index (χ0v) is 10.6. The van der Waals surface area contributed by atoms with Crippen molar-refractivity contribution in [1.82, 2.24) is 4.98 Å². The van der Waals surface area contributed by atoms with Crippen LogP contribution in [0.4, 0.5) is 13.2 Å². The van der Waals surface area contributed by atoms with Crippen LogP contribution < -0.4 is 5.56 Å². The minimum absolute atomic E-state index is 0.126. The van der Waals surface area contributed by atoms with Crippen LogP contribution in [0.15, 0.2) is 41.2 Å². The van der Waals surface area contributed by atoms with Crippen LogP contribution in [-0.2, 0) is 17.4 Å². The molecule has 0 saturated carbocycles. The molecular weight excluding hydrogens is 287 g/mol. The van der Waals surface area contributed by atoms with E-state index < -0.39 is 29.7 Å². The molecule has 0 atom stereocenters. The van der Waals surface area contributed by atoms with Crippen LogP contribution in [-0.4, -0.2) is 16.1 Å². The number of pyridine rings is 1. The summed E-state index contributed by atoms with van der Waals surface area (Å²) >= 11 is 0. The maximum Gasteiger partial charge on any atom is 0.417 e. The molecule has 0 spiro atoms. The predicted molar refractivity (Wildman–Crippen MR) is 68.8 cm³/mol. The first-order valence-electron chi connectivity index (χ1n) is 5.89. The minimum atomic E-state index is -4.58. The first kappa shape index (κ1) is 14.8. The number of nitrogens with one attached hydrogen (secondary N) is 1. The average Bonchev–Trinajstić information content (AvgIpc) is 2.37. The Hall–Kier alpha value is -2.57. The van der Waals surface area contributed by atoms with Gasteiger partial charge in [0.1, 0.15) is 0 Å². The summed E-state index contributed by atoms with van der Waals surface area (Å²) in [7, 11) is 0. The topological polar surface area (TPSA) is 70.2 Å². The molecule has 21 heavy (non-hydrogen) atoms. The number of carbonyl (C=O) groups is 1. The summed E-state index contributed by atoms with van der Waals surface area (Å²) in [6.07, 6.45) is -4.99. The Morgan fingerprint density at radius 1 is 1.10 bits per heavy atom. The van der Waals surface area contributed by atoms with Crippen molar-refractivity contribution in [2.24, 2.45) is 0 Å². The number of aromatic amines is 1. The lowest BCUT2D eigenvalue weighted by atomic mass is 10.00. The van der Waals surface area contributed by atoms with Crippen molar-refractivity contribution in [3.63, 3.8) is 0 Å². The predicted octanol–water partition coefficient (Wildman–Crippen LogP) is 2.69. The Labute approximate surface area is 116 Å². The summed E-state index contributed by atoms with van der Waals surface area (Å²) in [4.78, 5) is 24.7. The van der Waals surface area contributed by atoms with Gasteiger partial charge in [0.2, 0.25) is 0 Å². The molecule has 0 amide bonds. The van der Waals surface area contributed by atoms with Gasteiger partial charge in [-0.05, 0) is 23.8 Å². The number of hydrogen-bond acceptors (Lipinski definition) is 2. The van der Waals surface area contributed by atoms with Crippen molar-refractivity contribution in [3.05, 3.63) is 58.0 Å². The van der Waals surface area contributed by atoms with E-state index in [0.717, 1.165) is 6.07 Å². The smallest absolute Gasteiger partial charge is 0.417 e. The van der Waals surface area contributed by atoms with E-state index in [1.165, 1.54) is 30.3 Å². The number of halogens is 3. The molecule has 0 unspecified atom stereocenters. The fraction of sp³-hybridized carbons (Fsp3) is 0.143. The molecule has 0 bridgehead atoms. The number of hydrogen-bond donors (Lipinski definition) is 2. The highest BCUT2D eigenvalue weighted by Gasteiger charge is 2.33. The highest BCUT2D eigenvalue weighted by atomic mass is 19.4. The summed E-state index contributed by atoms with van der Waals surface area (Å²) in [5, 5.41) is 8.62. The number of aromatic nitrogens is 1. The third kappa shape index (κ3) is 3.31. The van der Waals surface area contributed by atoms with E-state index in [9.17, 15) is 22.8 Å². The van der Waals surface area contributed by atoms with Crippen LogP contribution in [0.3, 0.4) is 0 Å². The number of aliphatic carboxylic acids is 1. The van der Waals surface area contributed by atoms with Crippen molar-refractivity contribution in [3.8, 4) is 11.1 Å². The summed E-state index contributed by atoms with van der Waals surface area (Å²) < 4.78 is 38.8. The van der Waals surface area contributed by atoms with E-state index in [0.29, 0.717) is 0 Å². The fourth-order valence-corrected chi connectivity index (χ4v) is 1.96. The van der Waals surface area contributed by atoms with Gasteiger partial charge in [0, 0.05) is 11.3 Å². The third-order valence-electron chi connectivity index (χ3n) is 2.83. The number of carboxylic acid groups (broad SMARTS) is 1. The van der Waals surface area contributed by atoms with E-state index in [4.69, 9.17) is 5.11 Å². The SMILES string of the molecule is O=C(O)Cc1ccc(-c2ccccc2C(F)(F)F)c(=O)[nH]1. The second-order valence-corrected chi connectivity index (χ2v) is 4.34. The third-order valence-corrected chi connectivity index (χ3v) is 2.83. The monoisotopic (exact) mass is 297 g/mol. The Morgan fingerprint density at radius 3 is 2.33 bits per heavy atom. The largest absolute Gasteiger partial charge is 0.481 e. The summed E-state index contributed by atoms with van der Waals surface area (Å²) in [6, 6.07) is 7.21. The molecular formula is C14H10F3NO3. The molecule has 0 saturated heterocycles. The van der Waals surface area contributed by atoms with Gasteiger partial charge in [-0.3, -0.25) is 9.59 Å². The van der Waals surface area contributed by atoms with Crippen LogP contribution >= 0.6 is 0 Å². The van der Waals surface area contributed by atoms with Gasteiger partial charge in [-0.1, -0.05) is 18.2 Å². The first-order valence-corrected chi connectivity index (χ1v) is 5.89. The summed E-state index contributed by atoms with van der Waals surface area (Å²) in [5.41, 5.74) is -1.95. The van der Waals surface area contributed by atoms with Gasteiger partial charge in [-0.2, -0.15) is 13.2 Å². The molecule has 0 radical (unpaired) electrons. The minimum Gasteiger partial charge on any atom is -0.481 e. The van der Waals surface area contributed by atoms with Crippen LogP contribution in [0.5, 0.6) is 0 Å². The van der Waals surface area contributed by atoms with Crippen molar-refractivity contribution in [2.45, 2.75) is 12.6 Å². The number of alkyl halides is 3. The summed E-state index contributed by atoms with van der Waals surface area (Å²) in [6.45, 7) is 0. The quantitative estimate of drug-likeness (QED) is 0.915. The van der Waals surface area contributed by atoms with Crippen molar-refractivity contribution in [2.75, 3.05) is 0 Å². The lowest BCUT2D eigenvalue weighted by molar-refractivity contribution is -0.137. The molecule has 2 N–H and O–H groups in total. The molecule has 2 rings (SSSR count). The number of H-pyrrole nitrogens is 1. The Bertz CT molecular complexity index is 735. The van der Waals surface area contributed by atoms with E-state index in [2.05, 4.69) is 4.98 Å². The molecule has 0 fully saturated rings. The first-order chi connectivity index (χ1) is 9.79. The van der Waals surface area contributed by atoms with Gasteiger partial charge in [-0.25, -0.2) is 0 Å². The van der Waals surface area contributed by atoms with Gasteiger partial charge in [0.05, 0.1) is 12.0 Å². The number of carboxylic acids is 1. The molecule has 0 aliphatic carbocycles. The zero-order chi connectivity index (χ0) is 15.6. The highest BCUT2D eigenvalue weighted by molar-refractivity contribution is 5.71. The summed E-state index contributed by atoms with van der Waals surface area (Å²) in [5.74, 6) is -1.14.